The number of rotatable bonds is 8. The van der Waals surface area contributed by atoms with Crippen LogP contribution in [-0.4, -0.2) is 61.0 Å². The molecular weight excluding hydrogens is 400 g/mol. The zero-order valence-electron chi connectivity index (χ0n) is 21.0. The van der Waals surface area contributed by atoms with E-state index in [1.165, 1.54) is 5.57 Å². The van der Waals surface area contributed by atoms with Crippen molar-refractivity contribution in [1.29, 1.82) is 0 Å². The molecule has 2 saturated heterocycles. The van der Waals surface area contributed by atoms with E-state index in [-0.39, 0.29) is 17.7 Å². The first-order chi connectivity index (χ1) is 15.3. The summed E-state index contributed by atoms with van der Waals surface area (Å²) >= 11 is 0. The summed E-state index contributed by atoms with van der Waals surface area (Å²) in [6, 6.07) is 0. The number of carbonyl (C=O) groups is 2. The lowest BCUT2D eigenvalue weighted by atomic mass is 9.84. The molecule has 0 saturated carbocycles. The van der Waals surface area contributed by atoms with Gasteiger partial charge in [-0.1, -0.05) is 39.3 Å². The number of carbonyl (C=O) groups excluding carboxylic acids is 2. The second kappa shape index (κ2) is 12.2. The van der Waals surface area contributed by atoms with Crippen molar-refractivity contribution in [2.24, 2.45) is 29.6 Å². The van der Waals surface area contributed by atoms with Gasteiger partial charge in [-0.2, -0.15) is 0 Å². The van der Waals surface area contributed by atoms with Gasteiger partial charge in [0.1, 0.15) is 0 Å². The van der Waals surface area contributed by atoms with Crippen LogP contribution in [0.25, 0.3) is 0 Å². The summed E-state index contributed by atoms with van der Waals surface area (Å²) in [5.74, 6) is 2.87. The number of nitrogens with zero attached hydrogens (tertiary/aromatic N) is 2. The third-order valence-corrected chi connectivity index (χ3v) is 7.91. The molecule has 0 aromatic rings. The van der Waals surface area contributed by atoms with Crippen molar-refractivity contribution in [1.82, 2.24) is 9.80 Å². The van der Waals surface area contributed by atoms with Crippen LogP contribution < -0.4 is 0 Å². The van der Waals surface area contributed by atoms with Crippen molar-refractivity contribution in [3.8, 4) is 0 Å². The molecule has 0 radical (unpaired) electrons. The number of ether oxygens (including phenoxy) is 1. The van der Waals surface area contributed by atoms with Gasteiger partial charge in [0, 0.05) is 51.2 Å². The van der Waals surface area contributed by atoms with E-state index in [9.17, 15) is 9.59 Å². The molecule has 0 N–H and O–H groups in total. The third kappa shape index (κ3) is 7.07. The van der Waals surface area contributed by atoms with Crippen molar-refractivity contribution >= 4 is 11.8 Å². The van der Waals surface area contributed by atoms with Crippen LogP contribution in [0.5, 0.6) is 0 Å². The van der Waals surface area contributed by atoms with Crippen LogP contribution in [0.15, 0.2) is 11.6 Å². The van der Waals surface area contributed by atoms with Gasteiger partial charge >= 0.3 is 0 Å². The van der Waals surface area contributed by atoms with Gasteiger partial charge in [-0.15, -0.1) is 0 Å². The highest BCUT2D eigenvalue weighted by atomic mass is 16.5. The summed E-state index contributed by atoms with van der Waals surface area (Å²) < 4.78 is 6.03. The van der Waals surface area contributed by atoms with Gasteiger partial charge in [0.15, 0.2) is 0 Å². The predicted octanol–water partition coefficient (Wildman–Crippen LogP) is 4.91. The van der Waals surface area contributed by atoms with Gasteiger partial charge in [0.2, 0.25) is 11.8 Å². The number of amides is 2. The molecule has 182 valence electrons. The Bertz CT molecular complexity index is 641. The second-order valence-corrected chi connectivity index (χ2v) is 11.0. The molecule has 1 atom stereocenters. The third-order valence-electron chi connectivity index (χ3n) is 7.91. The maximum absolute atomic E-state index is 12.9. The van der Waals surface area contributed by atoms with Crippen LogP contribution in [0.1, 0.15) is 79.1 Å². The second-order valence-electron chi connectivity index (χ2n) is 11.0. The lowest BCUT2D eigenvalue weighted by Gasteiger charge is -2.35. The fraction of sp³-hybridized carbons (Fsp3) is 0.852. The smallest absolute Gasteiger partial charge is 0.226 e. The van der Waals surface area contributed by atoms with E-state index in [1.807, 2.05) is 18.7 Å². The summed E-state index contributed by atoms with van der Waals surface area (Å²) in [6.45, 7) is 13.7. The molecule has 5 nitrogen and oxygen atoms in total. The molecule has 2 fully saturated rings. The Kier molecular flexibility index (Phi) is 9.63. The first kappa shape index (κ1) is 25.3. The fourth-order valence-electron chi connectivity index (χ4n) is 5.49. The van der Waals surface area contributed by atoms with Gasteiger partial charge in [-0.25, -0.2) is 0 Å². The zero-order chi connectivity index (χ0) is 23.1. The van der Waals surface area contributed by atoms with E-state index in [1.54, 1.807) is 0 Å². The molecule has 0 aromatic heterocycles. The number of piperidine rings is 2. The van der Waals surface area contributed by atoms with E-state index >= 15 is 0 Å². The topological polar surface area (TPSA) is 49.9 Å². The minimum absolute atomic E-state index is 0.0988. The van der Waals surface area contributed by atoms with Gasteiger partial charge in [0.25, 0.3) is 0 Å². The number of likely N-dealkylation sites (tertiary alicyclic amines) is 2. The van der Waals surface area contributed by atoms with Gasteiger partial charge in [-0.3, -0.25) is 9.59 Å². The fourth-order valence-corrected chi connectivity index (χ4v) is 5.49. The Balaban J connectivity index is 1.26. The first-order valence-electron chi connectivity index (χ1n) is 13.2. The van der Waals surface area contributed by atoms with Crippen LogP contribution in [-0.2, 0) is 14.3 Å². The predicted molar refractivity (Wildman–Crippen MR) is 129 cm³/mol. The molecule has 2 aliphatic heterocycles. The van der Waals surface area contributed by atoms with Gasteiger partial charge in [-0.05, 0) is 69.1 Å². The standard InChI is InChI=1S/C27H46N2O3/c1-20(2)24-5-7-25(8-6-24)27(31)29-14-9-22(10-15-29)13-18-32-19-23-11-16-28(17-12-23)26(30)21(3)4/h5,20-23,25H,6-19H2,1-4H3/t25-/m0/s1. The molecule has 0 bridgehead atoms. The van der Waals surface area contributed by atoms with Crippen LogP contribution in [0.2, 0.25) is 0 Å². The minimum atomic E-state index is 0.0988. The highest BCUT2D eigenvalue weighted by Gasteiger charge is 2.29. The number of hydrogen-bond acceptors (Lipinski definition) is 3. The summed E-state index contributed by atoms with van der Waals surface area (Å²) in [7, 11) is 0. The van der Waals surface area contributed by atoms with Crippen LogP contribution in [0, 0.1) is 29.6 Å². The van der Waals surface area contributed by atoms with Crippen LogP contribution >= 0.6 is 0 Å². The molecular formula is C27H46N2O3. The summed E-state index contributed by atoms with van der Waals surface area (Å²) in [6.07, 6.45) is 10.8. The van der Waals surface area contributed by atoms with Crippen LogP contribution in [0.4, 0.5) is 0 Å². The summed E-state index contributed by atoms with van der Waals surface area (Å²) in [5, 5.41) is 0. The lowest BCUT2D eigenvalue weighted by molar-refractivity contribution is -0.137. The largest absolute Gasteiger partial charge is 0.381 e. The Morgan fingerprint density at radius 2 is 1.56 bits per heavy atom. The van der Waals surface area contributed by atoms with Crippen LogP contribution in [0.3, 0.4) is 0 Å². The molecule has 5 heteroatoms. The minimum Gasteiger partial charge on any atom is -0.381 e. The average molecular weight is 447 g/mol. The average Bonchev–Trinajstić information content (AvgIpc) is 2.81. The van der Waals surface area contributed by atoms with Crippen molar-refractivity contribution in [2.75, 3.05) is 39.4 Å². The van der Waals surface area contributed by atoms with Crippen molar-refractivity contribution in [3.63, 3.8) is 0 Å². The van der Waals surface area contributed by atoms with E-state index < -0.39 is 0 Å². The monoisotopic (exact) mass is 446 g/mol. The van der Waals surface area contributed by atoms with Crippen molar-refractivity contribution in [3.05, 3.63) is 11.6 Å². The van der Waals surface area contributed by atoms with Crippen molar-refractivity contribution < 1.29 is 14.3 Å². The maximum Gasteiger partial charge on any atom is 0.226 e. The van der Waals surface area contributed by atoms with Crippen molar-refractivity contribution in [2.45, 2.75) is 79.1 Å². The molecule has 0 unspecified atom stereocenters. The van der Waals surface area contributed by atoms with E-state index in [2.05, 4.69) is 24.8 Å². The Hall–Kier alpha value is -1.36. The van der Waals surface area contributed by atoms with Gasteiger partial charge < -0.3 is 14.5 Å². The molecule has 1 aliphatic carbocycles. The molecule has 2 heterocycles. The summed E-state index contributed by atoms with van der Waals surface area (Å²) in [5.41, 5.74) is 1.53. The first-order valence-corrected chi connectivity index (χ1v) is 13.2. The van der Waals surface area contributed by atoms with E-state index in [4.69, 9.17) is 4.74 Å². The molecule has 32 heavy (non-hydrogen) atoms. The maximum atomic E-state index is 12.9. The highest BCUT2D eigenvalue weighted by Crippen LogP contribution is 2.30. The van der Waals surface area contributed by atoms with Gasteiger partial charge in [0.05, 0.1) is 0 Å². The SMILES string of the molecule is CC(C)C(=O)N1CCC(COCCC2CCN(C(=O)[C@H]3CC=C(C(C)C)CC3)CC2)CC1. The zero-order valence-corrected chi connectivity index (χ0v) is 21.0. The number of hydrogen-bond donors (Lipinski definition) is 0. The quantitative estimate of drug-likeness (QED) is 0.393. The highest BCUT2D eigenvalue weighted by molar-refractivity contribution is 5.79. The Morgan fingerprint density at radius 3 is 2.12 bits per heavy atom. The van der Waals surface area contributed by atoms with E-state index in [0.29, 0.717) is 23.7 Å². The Labute approximate surface area is 195 Å². The lowest BCUT2D eigenvalue weighted by Crippen LogP contribution is -2.42. The molecule has 3 rings (SSSR count). The number of allylic oxidation sites excluding steroid dienone is 2. The molecule has 2 amide bonds. The normalized spacial score (nSPS) is 23.7. The molecule has 0 spiro atoms. The molecule has 3 aliphatic rings. The van der Waals surface area contributed by atoms with E-state index in [0.717, 1.165) is 90.8 Å². The Morgan fingerprint density at radius 1 is 0.938 bits per heavy atom. The molecule has 0 aromatic carbocycles. The summed E-state index contributed by atoms with van der Waals surface area (Å²) in [4.78, 5) is 29.2.